The molecule has 0 atom stereocenters. The van der Waals surface area contributed by atoms with Crippen molar-refractivity contribution in [2.75, 3.05) is 23.3 Å². The largest absolute Gasteiger partial charge is 0.372 e. The lowest BCUT2D eigenvalue weighted by atomic mass is 10.2. The first-order chi connectivity index (χ1) is 11.1. The molecular formula is C19H23FN2O. The standard InChI is InChI=1S/C19H23FN2O/c1-3-13-22(14-4-2)18-11-9-17(10-12-18)21-19(23)15-5-7-16(20)8-6-15/h5-12H,3-4,13-14H2,1-2H3,(H,21,23). The lowest BCUT2D eigenvalue weighted by Crippen LogP contribution is -2.24. The smallest absolute Gasteiger partial charge is 0.255 e. The Hall–Kier alpha value is -2.36. The summed E-state index contributed by atoms with van der Waals surface area (Å²) in [5.41, 5.74) is 2.33. The van der Waals surface area contributed by atoms with Gasteiger partial charge < -0.3 is 10.2 Å². The molecule has 0 saturated heterocycles. The average molecular weight is 314 g/mol. The topological polar surface area (TPSA) is 32.3 Å². The van der Waals surface area contributed by atoms with Crippen LogP contribution in [0.2, 0.25) is 0 Å². The first-order valence-electron chi connectivity index (χ1n) is 8.06. The third-order valence-corrected chi connectivity index (χ3v) is 3.58. The van der Waals surface area contributed by atoms with Crippen molar-refractivity contribution in [3.05, 3.63) is 59.9 Å². The summed E-state index contributed by atoms with van der Waals surface area (Å²) in [5.74, 6) is -0.588. The monoisotopic (exact) mass is 314 g/mol. The van der Waals surface area contributed by atoms with Crippen LogP contribution in [-0.2, 0) is 0 Å². The number of nitrogens with one attached hydrogen (secondary N) is 1. The number of hydrogen-bond acceptors (Lipinski definition) is 2. The molecule has 0 aliphatic carbocycles. The molecule has 0 radical (unpaired) electrons. The number of carbonyl (C=O) groups excluding carboxylic acids is 1. The Morgan fingerprint density at radius 1 is 0.957 bits per heavy atom. The zero-order chi connectivity index (χ0) is 16.7. The minimum atomic E-state index is -0.349. The molecule has 2 aromatic rings. The van der Waals surface area contributed by atoms with E-state index in [2.05, 4.69) is 24.1 Å². The van der Waals surface area contributed by atoms with Gasteiger partial charge in [0.15, 0.2) is 0 Å². The number of nitrogens with zero attached hydrogens (tertiary/aromatic N) is 1. The van der Waals surface area contributed by atoms with Gasteiger partial charge in [-0.05, 0) is 61.4 Å². The molecule has 0 unspecified atom stereocenters. The van der Waals surface area contributed by atoms with Gasteiger partial charge in [0.1, 0.15) is 5.82 Å². The SMILES string of the molecule is CCCN(CCC)c1ccc(NC(=O)c2ccc(F)cc2)cc1. The molecule has 0 spiro atoms. The second-order valence-corrected chi connectivity index (χ2v) is 5.49. The van der Waals surface area contributed by atoms with Crippen molar-refractivity contribution in [3.63, 3.8) is 0 Å². The fourth-order valence-electron chi connectivity index (χ4n) is 2.47. The molecule has 1 N–H and O–H groups in total. The molecule has 4 heteroatoms. The minimum Gasteiger partial charge on any atom is -0.372 e. The van der Waals surface area contributed by atoms with Crippen LogP contribution in [0.5, 0.6) is 0 Å². The van der Waals surface area contributed by atoms with Crippen LogP contribution in [0.15, 0.2) is 48.5 Å². The van der Waals surface area contributed by atoms with Crippen molar-refractivity contribution in [2.45, 2.75) is 26.7 Å². The van der Waals surface area contributed by atoms with Gasteiger partial charge in [-0.3, -0.25) is 4.79 Å². The third-order valence-electron chi connectivity index (χ3n) is 3.58. The third kappa shape index (κ3) is 4.81. The summed E-state index contributed by atoms with van der Waals surface area (Å²) in [6, 6.07) is 13.4. The van der Waals surface area contributed by atoms with Crippen molar-refractivity contribution in [1.29, 1.82) is 0 Å². The molecule has 0 aliphatic heterocycles. The summed E-state index contributed by atoms with van der Waals surface area (Å²) in [4.78, 5) is 14.4. The van der Waals surface area contributed by atoms with E-state index in [-0.39, 0.29) is 11.7 Å². The molecule has 0 bridgehead atoms. The molecule has 23 heavy (non-hydrogen) atoms. The predicted molar refractivity (Wildman–Crippen MR) is 93.6 cm³/mol. The van der Waals surface area contributed by atoms with Gasteiger partial charge in [0, 0.05) is 30.0 Å². The van der Waals surface area contributed by atoms with E-state index in [0.717, 1.165) is 37.3 Å². The number of carbonyl (C=O) groups is 1. The number of benzene rings is 2. The van der Waals surface area contributed by atoms with Crippen LogP contribution >= 0.6 is 0 Å². The highest BCUT2D eigenvalue weighted by molar-refractivity contribution is 6.04. The second kappa shape index (κ2) is 8.32. The Kier molecular flexibility index (Phi) is 6.15. The van der Waals surface area contributed by atoms with E-state index in [1.807, 2.05) is 24.3 Å². The van der Waals surface area contributed by atoms with Gasteiger partial charge >= 0.3 is 0 Å². The Morgan fingerprint density at radius 3 is 2.04 bits per heavy atom. The number of anilines is 2. The van der Waals surface area contributed by atoms with E-state index in [1.54, 1.807) is 0 Å². The van der Waals surface area contributed by atoms with E-state index >= 15 is 0 Å². The van der Waals surface area contributed by atoms with Gasteiger partial charge in [-0.15, -0.1) is 0 Å². The Morgan fingerprint density at radius 2 is 1.52 bits per heavy atom. The Bertz CT molecular complexity index is 617. The molecule has 122 valence electrons. The van der Waals surface area contributed by atoms with Gasteiger partial charge in [-0.2, -0.15) is 0 Å². The van der Waals surface area contributed by atoms with Gasteiger partial charge in [-0.1, -0.05) is 13.8 Å². The molecule has 0 saturated carbocycles. The number of halogens is 1. The quantitative estimate of drug-likeness (QED) is 0.803. The van der Waals surface area contributed by atoms with Gasteiger partial charge in [0.2, 0.25) is 0 Å². The van der Waals surface area contributed by atoms with Gasteiger partial charge in [-0.25, -0.2) is 4.39 Å². The van der Waals surface area contributed by atoms with Crippen LogP contribution < -0.4 is 10.2 Å². The molecule has 0 fully saturated rings. The van der Waals surface area contributed by atoms with Gasteiger partial charge in [0.05, 0.1) is 0 Å². The molecule has 0 aliphatic rings. The summed E-state index contributed by atoms with van der Waals surface area (Å²) in [5, 5.41) is 2.83. The molecule has 3 nitrogen and oxygen atoms in total. The van der Waals surface area contributed by atoms with Crippen LogP contribution in [0.1, 0.15) is 37.0 Å². The lowest BCUT2D eigenvalue weighted by Gasteiger charge is -2.24. The summed E-state index contributed by atoms with van der Waals surface area (Å²) >= 11 is 0. The molecule has 2 rings (SSSR count). The average Bonchev–Trinajstić information content (AvgIpc) is 2.56. The predicted octanol–water partition coefficient (Wildman–Crippen LogP) is 4.70. The highest BCUT2D eigenvalue weighted by Crippen LogP contribution is 2.19. The van der Waals surface area contributed by atoms with Crippen molar-refractivity contribution < 1.29 is 9.18 Å². The van der Waals surface area contributed by atoms with Crippen molar-refractivity contribution in [3.8, 4) is 0 Å². The maximum absolute atomic E-state index is 12.9. The van der Waals surface area contributed by atoms with E-state index in [1.165, 1.54) is 24.3 Å². The van der Waals surface area contributed by atoms with Crippen LogP contribution in [0.4, 0.5) is 15.8 Å². The first kappa shape index (κ1) is 17.0. The summed E-state index contributed by atoms with van der Waals surface area (Å²) in [6.07, 6.45) is 2.20. The summed E-state index contributed by atoms with van der Waals surface area (Å²) in [6.45, 7) is 6.38. The maximum Gasteiger partial charge on any atom is 0.255 e. The number of rotatable bonds is 7. The minimum absolute atomic E-state index is 0.239. The molecular weight excluding hydrogens is 291 g/mol. The molecule has 1 amide bonds. The number of hydrogen-bond donors (Lipinski definition) is 1. The van der Waals surface area contributed by atoms with E-state index < -0.39 is 0 Å². The molecule has 0 aromatic heterocycles. The summed E-state index contributed by atoms with van der Waals surface area (Å²) in [7, 11) is 0. The van der Waals surface area contributed by atoms with Crippen molar-refractivity contribution >= 4 is 17.3 Å². The van der Waals surface area contributed by atoms with E-state index in [0.29, 0.717) is 5.56 Å². The highest BCUT2D eigenvalue weighted by atomic mass is 19.1. The van der Waals surface area contributed by atoms with Crippen molar-refractivity contribution in [1.82, 2.24) is 0 Å². The first-order valence-corrected chi connectivity index (χ1v) is 8.06. The Labute approximate surface area is 137 Å². The Balaban J connectivity index is 2.04. The second-order valence-electron chi connectivity index (χ2n) is 5.49. The zero-order valence-electron chi connectivity index (χ0n) is 13.7. The van der Waals surface area contributed by atoms with Crippen LogP contribution in [-0.4, -0.2) is 19.0 Å². The van der Waals surface area contributed by atoms with E-state index in [4.69, 9.17) is 0 Å². The fourth-order valence-corrected chi connectivity index (χ4v) is 2.47. The molecule has 2 aromatic carbocycles. The molecule has 0 heterocycles. The van der Waals surface area contributed by atoms with Crippen molar-refractivity contribution in [2.24, 2.45) is 0 Å². The van der Waals surface area contributed by atoms with Crippen LogP contribution in [0.3, 0.4) is 0 Å². The maximum atomic E-state index is 12.9. The van der Waals surface area contributed by atoms with Crippen LogP contribution in [0, 0.1) is 5.82 Å². The fraction of sp³-hybridized carbons (Fsp3) is 0.316. The summed E-state index contributed by atoms with van der Waals surface area (Å²) < 4.78 is 12.9. The van der Waals surface area contributed by atoms with Crippen LogP contribution in [0.25, 0.3) is 0 Å². The zero-order valence-corrected chi connectivity index (χ0v) is 13.7. The van der Waals surface area contributed by atoms with Gasteiger partial charge in [0.25, 0.3) is 5.91 Å². The van der Waals surface area contributed by atoms with E-state index in [9.17, 15) is 9.18 Å². The highest BCUT2D eigenvalue weighted by Gasteiger charge is 2.08. The normalized spacial score (nSPS) is 10.4. The lowest BCUT2D eigenvalue weighted by molar-refractivity contribution is 0.102. The number of amides is 1.